The lowest BCUT2D eigenvalue weighted by Gasteiger charge is -2.06. The van der Waals surface area contributed by atoms with Gasteiger partial charge in [-0.25, -0.2) is 0 Å². The first-order chi connectivity index (χ1) is 8.56. The van der Waals surface area contributed by atoms with Crippen LogP contribution in [0.2, 0.25) is 10.0 Å². The van der Waals surface area contributed by atoms with E-state index in [4.69, 9.17) is 28.9 Å². The summed E-state index contributed by atoms with van der Waals surface area (Å²) in [5.74, 6) is 0.366. The maximum Gasteiger partial charge on any atom is 0.0592 e. The fourth-order valence-electron chi connectivity index (χ4n) is 1.56. The lowest BCUT2D eigenvalue weighted by atomic mass is 10.2. The van der Waals surface area contributed by atoms with Crippen molar-refractivity contribution in [3.05, 3.63) is 58.1 Å². The lowest BCUT2D eigenvalue weighted by Crippen LogP contribution is -1.98. The topological polar surface area (TPSA) is 43.1 Å². The molecular weight excluding hydrogens is 289 g/mol. The van der Waals surface area contributed by atoms with E-state index in [1.807, 2.05) is 12.1 Å². The van der Waals surface area contributed by atoms with Crippen molar-refractivity contribution < 1.29 is 4.21 Å². The Labute approximate surface area is 118 Å². The van der Waals surface area contributed by atoms with Gasteiger partial charge in [-0.05, 0) is 35.9 Å². The molecule has 94 valence electrons. The molecule has 2 aromatic rings. The quantitative estimate of drug-likeness (QED) is 0.874. The Morgan fingerprint density at radius 3 is 2.61 bits per heavy atom. The first-order valence-electron chi connectivity index (χ1n) is 5.24. The minimum atomic E-state index is -1.24. The van der Waals surface area contributed by atoms with Gasteiger partial charge in [0.25, 0.3) is 0 Å². The molecule has 0 fully saturated rings. The summed E-state index contributed by atoms with van der Waals surface area (Å²) in [5.41, 5.74) is 7.24. The molecule has 2 N–H and O–H groups in total. The molecule has 18 heavy (non-hydrogen) atoms. The Hall–Kier alpha value is -1.03. The average Bonchev–Trinajstić information content (AvgIpc) is 2.32. The van der Waals surface area contributed by atoms with Crippen molar-refractivity contribution in [3.63, 3.8) is 0 Å². The second kappa shape index (κ2) is 5.74. The summed E-state index contributed by atoms with van der Waals surface area (Å²) in [7, 11) is -1.24. The van der Waals surface area contributed by atoms with Crippen LogP contribution in [0.15, 0.2) is 47.4 Å². The third kappa shape index (κ3) is 3.25. The standard InChI is InChI=1S/C13H11Cl2NOS/c14-10-4-5-12(15)13(7-10)18(17)8-9-2-1-3-11(16)6-9/h1-7H,8,16H2. The largest absolute Gasteiger partial charge is 0.399 e. The molecule has 1 unspecified atom stereocenters. The zero-order chi connectivity index (χ0) is 13.1. The van der Waals surface area contributed by atoms with Gasteiger partial charge in [-0.2, -0.15) is 0 Å². The van der Waals surface area contributed by atoms with E-state index in [1.54, 1.807) is 30.3 Å². The van der Waals surface area contributed by atoms with Crippen molar-refractivity contribution in [2.24, 2.45) is 0 Å². The smallest absolute Gasteiger partial charge is 0.0592 e. The number of nitrogens with two attached hydrogens (primary N) is 1. The summed E-state index contributed by atoms with van der Waals surface area (Å²) in [6.45, 7) is 0. The van der Waals surface area contributed by atoms with Gasteiger partial charge < -0.3 is 5.73 Å². The van der Waals surface area contributed by atoms with E-state index in [0.29, 0.717) is 26.4 Å². The highest BCUT2D eigenvalue weighted by molar-refractivity contribution is 7.84. The first kappa shape index (κ1) is 13.4. The van der Waals surface area contributed by atoms with Gasteiger partial charge in [-0.15, -0.1) is 0 Å². The van der Waals surface area contributed by atoms with E-state index >= 15 is 0 Å². The molecule has 2 aromatic carbocycles. The molecule has 0 aliphatic carbocycles. The summed E-state index contributed by atoms with van der Waals surface area (Å²) in [5, 5.41) is 0.983. The van der Waals surface area contributed by atoms with Crippen LogP contribution in [0, 0.1) is 0 Å². The van der Waals surface area contributed by atoms with Gasteiger partial charge in [0.05, 0.1) is 26.5 Å². The normalized spacial score (nSPS) is 12.3. The molecule has 0 radical (unpaired) electrons. The minimum Gasteiger partial charge on any atom is -0.399 e. The molecular formula is C13H11Cl2NOS. The van der Waals surface area contributed by atoms with Crippen LogP contribution in [-0.4, -0.2) is 4.21 Å². The summed E-state index contributed by atoms with van der Waals surface area (Å²) >= 11 is 11.9. The molecule has 0 aromatic heterocycles. The van der Waals surface area contributed by atoms with E-state index in [0.717, 1.165) is 5.56 Å². The van der Waals surface area contributed by atoms with E-state index < -0.39 is 10.8 Å². The van der Waals surface area contributed by atoms with Gasteiger partial charge in [0, 0.05) is 10.7 Å². The zero-order valence-corrected chi connectivity index (χ0v) is 11.7. The van der Waals surface area contributed by atoms with Crippen molar-refractivity contribution in [3.8, 4) is 0 Å². The maximum atomic E-state index is 12.2. The number of rotatable bonds is 3. The van der Waals surface area contributed by atoms with Crippen LogP contribution in [-0.2, 0) is 16.6 Å². The Balaban J connectivity index is 2.24. The second-order valence-electron chi connectivity index (χ2n) is 3.81. The Morgan fingerprint density at radius 1 is 1.11 bits per heavy atom. The van der Waals surface area contributed by atoms with Crippen LogP contribution >= 0.6 is 23.2 Å². The van der Waals surface area contributed by atoms with Crippen molar-refractivity contribution in [2.45, 2.75) is 10.6 Å². The third-order valence-electron chi connectivity index (χ3n) is 2.39. The molecule has 0 aliphatic heterocycles. The maximum absolute atomic E-state index is 12.2. The Morgan fingerprint density at radius 2 is 1.89 bits per heavy atom. The molecule has 1 atom stereocenters. The highest BCUT2D eigenvalue weighted by atomic mass is 35.5. The highest BCUT2D eigenvalue weighted by Gasteiger charge is 2.10. The number of anilines is 1. The Kier molecular flexibility index (Phi) is 4.27. The fourth-order valence-corrected chi connectivity index (χ4v) is 3.36. The SMILES string of the molecule is Nc1cccc(CS(=O)c2cc(Cl)ccc2Cl)c1. The molecule has 5 heteroatoms. The Bertz CT molecular complexity index is 601. The van der Waals surface area contributed by atoms with E-state index in [-0.39, 0.29) is 0 Å². The van der Waals surface area contributed by atoms with Crippen LogP contribution in [0.1, 0.15) is 5.56 Å². The van der Waals surface area contributed by atoms with Crippen LogP contribution in [0.25, 0.3) is 0 Å². The molecule has 0 saturated carbocycles. The predicted molar refractivity (Wildman–Crippen MR) is 77.4 cm³/mol. The molecule has 0 amide bonds. The van der Waals surface area contributed by atoms with Crippen molar-refractivity contribution in [2.75, 3.05) is 5.73 Å². The van der Waals surface area contributed by atoms with Crippen molar-refractivity contribution >= 4 is 39.7 Å². The minimum absolute atomic E-state index is 0.366. The van der Waals surface area contributed by atoms with Crippen LogP contribution in [0.3, 0.4) is 0 Å². The van der Waals surface area contributed by atoms with Gasteiger partial charge in [0.1, 0.15) is 0 Å². The third-order valence-corrected chi connectivity index (χ3v) is 4.49. The van der Waals surface area contributed by atoms with Gasteiger partial charge in [-0.3, -0.25) is 4.21 Å². The molecule has 0 saturated heterocycles. The van der Waals surface area contributed by atoms with Gasteiger partial charge in [0.2, 0.25) is 0 Å². The van der Waals surface area contributed by atoms with Crippen LogP contribution in [0.5, 0.6) is 0 Å². The molecule has 0 aliphatic rings. The number of hydrogen-bond donors (Lipinski definition) is 1. The monoisotopic (exact) mass is 299 g/mol. The van der Waals surface area contributed by atoms with Crippen molar-refractivity contribution in [1.82, 2.24) is 0 Å². The number of halogens is 2. The average molecular weight is 300 g/mol. The van der Waals surface area contributed by atoms with Crippen LogP contribution < -0.4 is 5.73 Å². The molecule has 0 bridgehead atoms. The summed E-state index contributed by atoms with van der Waals surface area (Å²) in [6, 6.07) is 12.3. The second-order valence-corrected chi connectivity index (χ2v) is 6.07. The molecule has 0 spiro atoms. The fraction of sp³-hybridized carbons (Fsp3) is 0.0769. The summed E-state index contributed by atoms with van der Waals surface area (Å²) in [4.78, 5) is 0.548. The highest BCUT2D eigenvalue weighted by Crippen LogP contribution is 2.25. The van der Waals surface area contributed by atoms with E-state index in [1.165, 1.54) is 0 Å². The van der Waals surface area contributed by atoms with E-state index in [2.05, 4.69) is 0 Å². The number of benzene rings is 2. The van der Waals surface area contributed by atoms with Gasteiger partial charge in [0.15, 0.2) is 0 Å². The van der Waals surface area contributed by atoms with Crippen LogP contribution in [0.4, 0.5) is 5.69 Å². The molecule has 2 nitrogen and oxygen atoms in total. The number of hydrogen-bond acceptors (Lipinski definition) is 2. The zero-order valence-electron chi connectivity index (χ0n) is 9.40. The first-order valence-corrected chi connectivity index (χ1v) is 7.31. The van der Waals surface area contributed by atoms with Gasteiger partial charge >= 0.3 is 0 Å². The molecule has 2 rings (SSSR count). The summed E-state index contributed by atoms with van der Waals surface area (Å²) in [6.07, 6.45) is 0. The van der Waals surface area contributed by atoms with Gasteiger partial charge in [-0.1, -0.05) is 35.3 Å². The predicted octanol–water partition coefficient (Wildman–Crippen LogP) is 3.88. The summed E-state index contributed by atoms with van der Waals surface area (Å²) < 4.78 is 12.2. The number of nitrogen functional groups attached to an aromatic ring is 1. The van der Waals surface area contributed by atoms with Crippen molar-refractivity contribution in [1.29, 1.82) is 0 Å². The molecule has 0 heterocycles. The lowest BCUT2D eigenvalue weighted by molar-refractivity contribution is 0.682. The van der Waals surface area contributed by atoms with E-state index in [9.17, 15) is 4.21 Å².